The second kappa shape index (κ2) is 8.17. The molecule has 28 heavy (non-hydrogen) atoms. The fourth-order valence-electron chi connectivity index (χ4n) is 3.35. The van der Waals surface area contributed by atoms with E-state index >= 15 is 0 Å². The van der Waals surface area contributed by atoms with E-state index in [0.717, 1.165) is 10.5 Å². The van der Waals surface area contributed by atoms with Gasteiger partial charge in [0.15, 0.2) is 0 Å². The molecule has 0 radical (unpaired) electrons. The van der Waals surface area contributed by atoms with Crippen LogP contribution in [-0.4, -0.2) is 56.9 Å². The number of fused-ring (bicyclic) bond motifs is 1. The minimum Gasteiger partial charge on any atom is -0.477 e. The van der Waals surface area contributed by atoms with Crippen LogP contribution in [-0.2, 0) is 19.2 Å². The molecule has 2 aliphatic heterocycles. The molecule has 0 spiro atoms. The zero-order valence-corrected chi connectivity index (χ0v) is 15.7. The summed E-state index contributed by atoms with van der Waals surface area (Å²) in [5.74, 6) is 2.41. The standard InChI is InChI=1S/C17H21N5O5S/c18-11(8-4-2-1-3-5-8)14(24)20-12-15(25)22-13(17(26)27)9(6-10(23)21-19)7-28-16(12)22/h1-2,5,11-12,16H,3-4,6-7,18-19H2,(H,20,24)(H,21,23)(H,26,27)/t11?,12-,16+/m1/s1. The first-order valence-corrected chi connectivity index (χ1v) is 9.69. The highest BCUT2D eigenvalue weighted by Crippen LogP contribution is 2.41. The predicted molar refractivity (Wildman–Crippen MR) is 101 cm³/mol. The van der Waals surface area contributed by atoms with E-state index < -0.39 is 41.1 Å². The van der Waals surface area contributed by atoms with Crippen molar-refractivity contribution in [3.05, 3.63) is 35.1 Å². The van der Waals surface area contributed by atoms with Gasteiger partial charge < -0.3 is 16.2 Å². The zero-order chi connectivity index (χ0) is 20.4. The molecule has 0 saturated carbocycles. The number of β-lactam (4-membered cyclic amide) rings is 1. The number of carboxylic acids is 1. The van der Waals surface area contributed by atoms with Crippen LogP contribution >= 0.6 is 11.8 Å². The lowest BCUT2D eigenvalue weighted by Gasteiger charge is -2.49. The van der Waals surface area contributed by atoms with Gasteiger partial charge in [-0.25, -0.2) is 10.6 Å². The van der Waals surface area contributed by atoms with E-state index in [1.807, 2.05) is 23.7 Å². The van der Waals surface area contributed by atoms with E-state index in [4.69, 9.17) is 11.6 Å². The lowest BCUT2D eigenvalue weighted by atomic mass is 9.97. The van der Waals surface area contributed by atoms with Gasteiger partial charge in [-0.3, -0.25) is 24.7 Å². The molecule has 3 rings (SSSR count). The number of nitrogens with zero attached hydrogens (tertiary/aromatic N) is 1. The molecule has 0 aromatic heterocycles. The number of amides is 3. The maximum atomic E-state index is 12.6. The summed E-state index contributed by atoms with van der Waals surface area (Å²) in [7, 11) is 0. The van der Waals surface area contributed by atoms with Gasteiger partial charge in [-0.1, -0.05) is 18.2 Å². The number of hydrogen-bond acceptors (Lipinski definition) is 7. The van der Waals surface area contributed by atoms with Crippen molar-refractivity contribution in [3.63, 3.8) is 0 Å². The molecule has 11 heteroatoms. The van der Waals surface area contributed by atoms with Crippen LogP contribution in [0.25, 0.3) is 0 Å². The fourth-order valence-corrected chi connectivity index (χ4v) is 4.69. The van der Waals surface area contributed by atoms with Gasteiger partial charge in [-0.2, -0.15) is 0 Å². The van der Waals surface area contributed by atoms with E-state index in [-0.39, 0.29) is 17.9 Å². The highest BCUT2D eigenvalue weighted by molar-refractivity contribution is 8.00. The van der Waals surface area contributed by atoms with Crippen LogP contribution in [0.5, 0.6) is 0 Å². The number of carbonyl (C=O) groups excluding carboxylic acids is 3. The van der Waals surface area contributed by atoms with Crippen LogP contribution in [0.15, 0.2) is 35.1 Å². The second-order valence-corrected chi connectivity index (χ2v) is 7.67. The Morgan fingerprint density at radius 2 is 2.11 bits per heavy atom. The van der Waals surface area contributed by atoms with Crippen molar-refractivity contribution in [3.8, 4) is 0 Å². The van der Waals surface area contributed by atoms with Gasteiger partial charge in [0.05, 0.1) is 6.42 Å². The molecule has 7 N–H and O–H groups in total. The van der Waals surface area contributed by atoms with Gasteiger partial charge in [0.25, 0.3) is 5.91 Å². The monoisotopic (exact) mass is 407 g/mol. The molecule has 1 fully saturated rings. The minimum absolute atomic E-state index is 0.217. The molecular weight excluding hydrogens is 386 g/mol. The average molecular weight is 407 g/mol. The number of rotatable bonds is 6. The fraction of sp³-hybridized carbons (Fsp3) is 0.412. The number of nitrogens with two attached hydrogens (primary N) is 2. The topological polar surface area (TPSA) is 168 Å². The molecule has 3 amide bonds. The SMILES string of the molecule is NNC(=O)CC1=C(C(=O)O)N2C(=O)[C@@H](NC(=O)C(N)C3=CCC=CC3)[C@@H]2SC1. The second-order valence-electron chi connectivity index (χ2n) is 6.57. The molecule has 1 aliphatic carbocycles. The van der Waals surface area contributed by atoms with Crippen molar-refractivity contribution >= 4 is 35.5 Å². The van der Waals surface area contributed by atoms with Crippen LogP contribution in [0.4, 0.5) is 0 Å². The van der Waals surface area contributed by atoms with Gasteiger partial charge >= 0.3 is 5.97 Å². The van der Waals surface area contributed by atoms with Gasteiger partial charge in [0.2, 0.25) is 11.8 Å². The van der Waals surface area contributed by atoms with Gasteiger partial charge in [0.1, 0.15) is 23.2 Å². The van der Waals surface area contributed by atoms with Gasteiger partial charge in [-0.05, 0) is 24.0 Å². The Morgan fingerprint density at radius 1 is 1.36 bits per heavy atom. The lowest BCUT2D eigenvalue weighted by Crippen LogP contribution is -2.71. The number of carboxylic acid groups (broad SMARTS) is 1. The van der Waals surface area contributed by atoms with Crippen molar-refractivity contribution < 1.29 is 24.3 Å². The third-order valence-electron chi connectivity index (χ3n) is 4.80. The lowest BCUT2D eigenvalue weighted by molar-refractivity contribution is -0.150. The highest BCUT2D eigenvalue weighted by Gasteiger charge is 2.54. The van der Waals surface area contributed by atoms with Crippen molar-refractivity contribution in [2.45, 2.75) is 36.7 Å². The first-order chi connectivity index (χ1) is 13.3. The van der Waals surface area contributed by atoms with Crippen LogP contribution in [0, 0.1) is 0 Å². The predicted octanol–water partition coefficient (Wildman–Crippen LogP) is -1.29. The number of hydrazine groups is 1. The Kier molecular flexibility index (Phi) is 5.87. The summed E-state index contributed by atoms with van der Waals surface area (Å²) in [6.07, 6.45) is 6.85. The maximum Gasteiger partial charge on any atom is 0.352 e. The summed E-state index contributed by atoms with van der Waals surface area (Å²) in [6, 6.07) is -1.72. The number of thioether (sulfide) groups is 1. The van der Waals surface area contributed by atoms with Gasteiger partial charge in [-0.15, -0.1) is 11.8 Å². The Balaban J connectivity index is 1.71. The molecule has 3 atom stereocenters. The van der Waals surface area contributed by atoms with Crippen molar-refractivity contribution in [1.82, 2.24) is 15.6 Å². The first-order valence-electron chi connectivity index (χ1n) is 8.64. The van der Waals surface area contributed by atoms with E-state index in [9.17, 15) is 24.3 Å². The molecule has 1 unspecified atom stereocenters. The summed E-state index contributed by atoms with van der Waals surface area (Å²) in [5, 5.41) is 11.6. The largest absolute Gasteiger partial charge is 0.477 e. The number of carbonyl (C=O) groups is 4. The highest BCUT2D eigenvalue weighted by atomic mass is 32.2. The summed E-state index contributed by atoms with van der Waals surface area (Å²) in [4.78, 5) is 49.3. The Bertz CT molecular complexity index is 821. The molecule has 1 saturated heterocycles. The molecule has 150 valence electrons. The smallest absolute Gasteiger partial charge is 0.352 e. The number of hydrogen-bond donors (Lipinski definition) is 5. The molecule has 0 aromatic rings. The third-order valence-corrected chi connectivity index (χ3v) is 6.14. The summed E-state index contributed by atoms with van der Waals surface area (Å²) >= 11 is 1.28. The summed E-state index contributed by atoms with van der Waals surface area (Å²) < 4.78 is 0. The van der Waals surface area contributed by atoms with Crippen LogP contribution in [0.3, 0.4) is 0 Å². The first kappa shape index (κ1) is 20.1. The summed E-state index contributed by atoms with van der Waals surface area (Å²) in [5.41, 5.74) is 8.79. The maximum absolute atomic E-state index is 12.6. The molecule has 2 heterocycles. The van der Waals surface area contributed by atoms with E-state index in [0.29, 0.717) is 18.4 Å². The molecule has 0 bridgehead atoms. The number of nitrogens with one attached hydrogen (secondary N) is 2. The summed E-state index contributed by atoms with van der Waals surface area (Å²) in [6.45, 7) is 0. The zero-order valence-electron chi connectivity index (χ0n) is 14.9. The normalized spacial score (nSPS) is 24.7. The number of allylic oxidation sites excluding steroid dienone is 3. The van der Waals surface area contributed by atoms with Crippen LogP contribution in [0.2, 0.25) is 0 Å². The van der Waals surface area contributed by atoms with Gasteiger partial charge in [0, 0.05) is 5.75 Å². The van der Waals surface area contributed by atoms with Crippen LogP contribution < -0.4 is 22.3 Å². The van der Waals surface area contributed by atoms with E-state index in [2.05, 4.69) is 5.32 Å². The van der Waals surface area contributed by atoms with E-state index in [1.165, 1.54) is 11.8 Å². The average Bonchev–Trinajstić information content (AvgIpc) is 2.71. The molecular formula is C17H21N5O5S. The minimum atomic E-state index is -1.31. The van der Waals surface area contributed by atoms with E-state index in [1.54, 1.807) is 0 Å². The van der Waals surface area contributed by atoms with Crippen molar-refractivity contribution in [2.75, 3.05) is 5.75 Å². The molecule has 3 aliphatic rings. The van der Waals surface area contributed by atoms with Crippen molar-refractivity contribution in [1.29, 1.82) is 0 Å². The molecule has 0 aromatic carbocycles. The Hall–Kier alpha value is -2.63. The quantitative estimate of drug-likeness (QED) is 0.119. The molecule has 10 nitrogen and oxygen atoms in total. The third kappa shape index (κ3) is 3.68. The number of aliphatic carboxylic acids is 1. The Labute approximate surface area is 165 Å². The van der Waals surface area contributed by atoms with Crippen molar-refractivity contribution in [2.24, 2.45) is 11.6 Å². The van der Waals surface area contributed by atoms with Crippen LogP contribution in [0.1, 0.15) is 19.3 Å². The Morgan fingerprint density at radius 3 is 2.71 bits per heavy atom.